The van der Waals surface area contributed by atoms with Gasteiger partial charge in [0, 0.05) is 56.5 Å². The predicted octanol–water partition coefficient (Wildman–Crippen LogP) is 2.83. The Morgan fingerprint density at radius 2 is 2.03 bits per heavy atom. The second-order valence-corrected chi connectivity index (χ2v) is 9.88. The number of hydrogen-bond donors (Lipinski definition) is 1. The van der Waals surface area contributed by atoms with Crippen molar-refractivity contribution in [3.05, 3.63) is 23.5 Å². The lowest BCUT2D eigenvalue weighted by Crippen LogP contribution is -2.43. The van der Waals surface area contributed by atoms with E-state index >= 15 is 0 Å². The summed E-state index contributed by atoms with van der Waals surface area (Å²) < 4.78 is 7.45. The minimum Gasteiger partial charge on any atom is -0.381 e. The normalized spacial score (nSPS) is 29.1. The molecular weight excluding hydrogens is 404 g/mol. The third-order valence-corrected chi connectivity index (χ3v) is 7.58. The lowest BCUT2D eigenvalue weighted by Gasteiger charge is -2.38. The highest BCUT2D eigenvalue weighted by Gasteiger charge is 2.36. The van der Waals surface area contributed by atoms with E-state index in [1.165, 1.54) is 0 Å². The van der Waals surface area contributed by atoms with Crippen molar-refractivity contribution in [1.82, 2.24) is 19.5 Å². The molecule has 3 fully saturated rings. The molecule has 2 aromatic rings. The molecule has 174 valence electrons. The standard InChI is InChI=1S/C24H36N6O2/c1-16-14-30-22(26-23(16)28-11-9-18(25)15-28)13-20(27-30)21-8-3-4-10-29(21)24(31)17-6-5-7-19(12-17)32-2/h13-14,17-19,21H,3-12,15,25H2,1-2H3/t17?,18-,19?,21-/m0/s1. The molecule has 2 unspecified atom stereocenters. The van der Waals surface area contributed by atoms with Crippen molar-refractivity contribution < 1.29 is 9.53 Å². The molecule has 5 rings (SSSR count). The highest BCUT2D eigenvalue weighted by atomic mass is 16.5. The molecular formula is C24H36N6O2. The first kappa shape index (κ1) is 21.6. The average molecular weight is 441 g/mol. The second-order valence-electron chi connectivity index (χ2n) is 9.88. The summed E-state index contributed by atoms with van der Waals surface area (Å²) in [5.74, 6) is 1.35. The van der Waals surface area contributed by atoms with Crippen LogP contribution in [-0.4, -0.2) is 64.3 Å². The average Bonchev–Trinajstić information content (AvgIpc) is 3.43. The van der Waals surface area contributed by atoms with Gasteiger partial charge in [0.15, 0.2) is 5.65 Å². The molecule has 1 saturated carbocycles. The van der Waals surface area contributed by atoms with Gasteiger partial charge < -0.3 is 20.3 Å². The molecule has 0 radical (unpaired) electrons. The maximum absolute atomic E-state index is 13.5. The van der Waals surface area contributed by atoms with E-state index < -0.39 is 0 Å². The second kappa shape index (κ2) is 8.98. The summed E-state index contributed by atoms with van der Waals surface area (Å²) in [6.07, 6.45) is 10.3. The quantitative estimate of drug-likeness (QED) is 0.786. The number of ether oxygens (including phenoxy) is 1. The van der Waals surface area contributed by atoms with Crippen LogP contribution in [0.2, 0.25) is 0 Å². The number of methoxy groups -OCH3 is 1. The number of hydrogen-bond acceptors (Lipinski definition) is 6. The predicted molar refractivity (Wildman–Crippen MR) is 124 cm³/mol. The van der Waals surface area contributed by atoms with Gasteiger partial charge in [-0.2, -0.15) is 5.10 Å². The van der Waals surface area contributed by atoms with Gasteiger partial charge in [0.1, 0.15) is 5.82 Å². The first-order chi connectivity index (χ1) is 15.5. The molecule has 3 aliphatic rings. The van der Waals surface area contributed by atoms with Crippen LogP contribution in [0.4, 0.5) is 5.82 Å². The monoisotopic (exact) mass is 440 g/mol. The van der Waals surface area contributed by atoms with E-state index in [1.807, 2.05) is 4.52 Å². The van der Waals surface area contributed by atoms with E-state index in [0.717, 1.165) is 93.7 Å². The number of rotatable bonds is 4. The van der Waals surface area contributed by atoms with E-state index in [-0.39, 0.29) is 30.0 Å². The van der Waals surface area contributed by atoms with Gasteiger partial charge in [-0.1, -0.05) is 6.42 Å². The molecule has 2 saturated heterocycles. The Hall–Kier alpha value is -2.19. The highest BCUT2D eigenvalue weighted by Crippen LogP contribution is 2.35. The number of fused-ring (bicyclic) bond motifs is 1. The highest BCUT2D eigenvalue weighted by molar-refractivity contribution is 5.79. The van der Waals surface area contributed by atoms with Crippen molar-refractivity contribution in [3.63, 3.8) is 0 Å². The van der Waals surface area contributed by atoms with Crippen LogP contribution in [0.3, 0.4) is 0 Å². The maximum atomic E-state index is 13.5. The topological polar surface area (TPSA) is 89.0 Å². The lowest BCUT2D eigenvalue weighted by molar-refractivity contribution is -0.142. The number of aromatic nitrogens is 3. The maximum Gasteiger partial charge on any atom is 0.226 e. The summed E-state index contributed by atoms with van der Waals surface area (Å²) in [5.41, 5.74) is 9.02. The molecule has 2 aromatic heterocycles. The van der Waals surface area contributed by atoms with Gasteiger partial charge in [-0.05, 0) is 51.9 Å². The van der Waals surface area contributed by atoms with Crippen LogP contribution in [0, 0.1) is 12.8 Å². The van der Waals surface area contributed by atoms with Crippen LogP contribution in [-0.2, 0) is 9.53 Å². The third kappa shape index (κ3) is 4.10. The van der Waals surface area contributed by atoms with Crippen LogP contribution in [0.15, 0.2) is 12.3 Å². The van der Waals surface area contributed by atoms with Crippen molar-refractivity contribution in [3.8, 4) is 0 Å². The summed E-state index contributed by atoms with van der Waals surface area (Å²) in [5, 5.41) is 4.88. The zero-order valence-electron chi connectivity index (χ0n) is 19.4. The third-order valence-electron chi connectivity index (χ3n) is 7.58. The Balaban J connectivity index is 1.40. The van der Waals surface area contributed by atoms with Crippen LogP contribution in [0.5, 0.6) is 0 Å². The number of carbonyl (C=O) groups is 1. The fraction of sp³-hybridized carbons (Fsp3) is 0.708. The number of aryl methyl sites for hydroxylation is 1. The van der Waals surface area contributed by atoms with Crippen molar-refractivity contribution in [2.75, 3.05) is 31.6 Å². The van der Waals surface area contributed by atoms with Gasteiger partial charge in [0.2, 0.25) is 5.91 Å². The molecule has 4 heterocycles. The van der Waals surface area contributed by atoms with Gasteiger partial charge in [-0.15, -0.1) is 0 Å². The zero-order chi connectivity index (χ0) is 22.2. The Bertz CT molecular complexity index is 975. The van der Waals surface area contributed by atoms with E-state index in [2.05, 4.69) is 29.0 Å². The fourth-order valence-corrected chi connectivity index (χ4v) is 5.80. The number of anilines is 1. The smallest absolute Gasteiger partial charge is 0.226 e. The van der Waals surface area contributed by atoms with Crippen molar-refractivity contribution in [2.24, 2.45) is 11.7 Å². The first-order valence-corrected chi connectivity index (χ1v) is 12.2. The number of piperidine rings is 1. The Morgan fingerprint density at radius 1 is 1.16 bits per heavy atom. The Labute approximate surface area is 190 Å². The molecule has 8 heteroatoms. The number of carbonyl (C=O) groups excluding carboxylic acids is 1. The van der Waals surface area contributed by atoms with Gasteiger partial charge >= 0.3 is 0 Å². The first-order valence-electron chi connectivity index (χ1n) is 12.2. The largest absolute Gasteiger partial charge is 0.381 e. The zero-order valence-corrected chi connectivity index (χ0v) is 19.4. The molecule has 2 aliphatic heterocycles. The molecule has 1 aliphatic carbocycles. The number of amides is 1. The van der Waals surface area contributed by atoms with E-state index in [9.17, 15) is 4.79 Å². The molecule has 1 amide bonds. The Kier molecular flexibility index (Phi) is 6.07. The summed E-state index contributed by atoms with van der Waals surface area (Å²) in [4.78, 5) is 22.8. The van der Waals surface area contributed by atoms with Crippen molar-refractivity contribution in [2.45, 2.75) is 76.5 Å². The molecule has 4 atom stereocenters. The minimum absolute atomic E-state index is 0.0323. The van der Waals surface area contributed by atoms with Gasteiger partial charge in [-0.3, -0.25) is 4.79 Å². The number of nitrogens with zero attached hydrogens (tertiary/aromatic N) is 5. The van der Waals surface area contributed by atoms with Gasteiger partial charge in [0.25, 0.3) is 0 Å². The van der Waals surface area contributed by atoms with Crippen LogP contribution in [0.25, 0.3) is 5.65 Å². The fourth-order valence-electron chi connectivity index (χ4n) is 5.80. The summed E-state index contributed by atoms with van der Waals surface area (Å²) in [6.45, 7) is 4.69. The van der Waals surface area contributed by atoms with Crippen LogP contribution < -0.4 is 10.6 Å². The number of nitrogens with two attached hydrogens (primary N) is 1. The van der Waals surface area contributed by atoms with Crippen molar-refractivity contribution in [1.29, 1.82) is 0 Å². The minimum atomic E-state index is 0.0323. The van der Waals surface area contributed by atoms with Crippen LogP contribution >= 0.6 is 0 Å². The molecule has 2 N–H and O–H groups in total. The summed E-state index contributed by atoms with van der Waals surface area (Å²) in [6, 6.07) is 2.32. The molecule has 0 bridgehead atoms. The number of likely N-dealkylation sites (tertiary alicyclic amines) is 1. The van der Waals surface area contributed by atoms with Crippen LogP contribution in [0.1, 0.15) is 68.7 Å². The SMILES string of the molecule is COC1CCCC(C(=O)N2CCCC[C@H]2c2cc3nc(N4CC[C@H](N)C4)c(C)cn3n2)C1. The summed E-state index contributed by atoms with van der Waals surface area (Å²) >= 11 is 0. The van der Waals surface area contributed by atoms with Crippen molar-refractivity contribution >= 4 is 17.4 Å². The molecule has 0 aromatic carbocycles. The Morgan fingerprint density at radius 3 is 2.81 bits per heavy atom. The van der Waals surface area contributed by atoms with Gasteiger partial charge in [-0.25, -0.2) is 9.50 Å². The van der Waals surface area contributed by atoms with Gasteiger partial charge in [0.05, 0.1) is 17.8 Å². The lowest BCUT2D eigenvalue weighted by atomic mass is 9.85. The van der Waals surface area contributed by atoms with E-state index in [1.54, 1.807) is 7.11 Å². The molecule has 8 nitrogen and oxygen atoms in total. The summed E-state index contributed by atoms with van der Waals surface area (Å²) in [7, 11) is 1.76. The molecule has 32 heavy (non-hydrogen) atoms. The molecule has 0 spiro atoms. The van der Waals surface area contributed by atoms with E-state index in [0.29, 0.717) is 0 Å². The van der Waals surface area contributed by atoms with E-state index in [4.69, 9.17) is 20.6 Å².